The lowest BCUT2D eigenvalue weighted by molar-refractivity contribution is 0.0581. The Kier molecular flexibility index (Phi) is 10.1. The first-order chi connectivity index (χ1) is 20.1. The van der Waals surface area contributed by atoms with Crippen molar-refractivity contribution in [2.24, 2.45) is 0 Å². The number of carbonyl (C=O) groups is 1. The summed E-state index contributed by atoms with van der Waals surface area (Å²) < 4.78 is 0. The Hall–Kier alpha value is -4.11. The normalized spacial score (nSPS) is 15.0. The summed E-state index contributed by atoms with van der Waals surface area (Å²) in [5.41, 5.74) is 4.78. The van der Waals surface area contributed by atoms with E-state index in [0.29, 0.717) is 26.2 Å². The van der Waals surface area contributed by atoms with E-state index in [1.165, 1.54) is 0 Å². The van der Waals surface area contributed by atoms with Gasteiger partial charge in [0.05, 0.1) is 23.2 Å². The van der Waals surface area contributed by atoms with Gasteiger partial charge in [-0.15, -0.1) is 0 Å². The van der Waals surface area contributed by atoms with Gasteiger partial charge in [-0.1, -0.05) is 60.7 Å². The van der Waals surface area contributed by atoms with E-state index in [9.17, 15) is 9.90 Å². The van der Waals surface area contributed by atoms with Gasteiger partial charge in [0.2, 0.25) is 0 Å². The number of hydrogen-bond acceptors (Lipinski definition) is 6. The molecular formula is C33H38N6O2. The van der Waals surface area contributed by atoms with E-state index >= 15 is 0 Å². The number of aromatic nitrogens is 2. The summed E-state index contributed by atoms with van der Waals surface area (Å²) in [6, 6.07) is 29.6. The molecule has 1 aliphatic rings. The summed E-state index contributed by atoms with van der Waals surface area (Å²) in [6.45, 7) is 4.04. The number of benzene rings is 2. The van der Waals surface area contributed by atoms with Crippen LogP contribution in [0.25, 0.3) is 11.1 Å². The summed E-state index contributed by atoms with van der Waals surface area (Å²) in [5.74, 6) is 0. The molecular weight excluding hydrogens is 512 g/mol. The quantitative estimate of drug-likeness (QED) is 0.249. The highest BCUT2D eigenvalue weighted by Gasteiger charge is 2.24. The van der Waals surface area contributed by atoms with Crippen molar-refractivity contribution in [2.75, 3.05) is 31.5 Å². The molecule has 8 heteroatoms. The van der Waals surface area contributed by atoms with Crippen LogP contribution in [-0.4, -0.2) is 69.2 Å². The molecule has 0 bridgehead atoms. The average Bonchev–Trinajstić information content (AvgIpc) is 3.00. The number of amides is 2. The van der Waals surface area contributed by atoms with Crippen LogP contribution in [0.3, 0.4) is 0 Å². The van der Waals surface area contributed by atoms with Crippen molar-refractivity contribution in [3.05, 3.63) is 115 Å². The first kappa shape index (κ1) is 28.4. The highest BCUT2D eigenvalue weighted by atomic mass is 16.3. The number of carbonyl (C=O) groups excluding carboxylic acids is 1. The number of likely N-dealkylation sites (tertiary alicyclic amines) is 1. The van der Waals surface area contributed by atoms with Crippen LogP contribution in [0.5, 0.6) is 0 Å². The highest BCUT2D eigenvalue weighted by molar-refractivity contribution is 5.94. The predicted octanol–water partition coefficient (Wildman–Crippen LogP) is 4.79. The molecule has 1 unspecified atom stereocenters. The molecule has 8 nitrogen and oxygen atoms in total. The average molecular weight is 551 g/mol. The predicted molar refractivity (Wildman–Crippen MR) is 162 cm³/mol. The number of rotatable bonds is 11. The number of para-hydroxylation sites is 1. The van der Waals surface area contributed by atoms with Gasteiger partial charge >= 0.3 is 6.03 Å². The van der Waals surface area contributed by atoms with Gasteiger partial charge in [0.25, 0.3) is 0 Å². The third-order valence-electron chi connectivity index (χ3n) is 7.34. The number of nitrogens with one attached hydrogen (secondary N) is 2. The minimum absolute atomic E-state index is 0.0945. The number of nitrogens with zero attached hydrogens (tertiary/aromatic N) is 4. The molecule has 212 valence electrons. The zero-order valence-corrected chi connectivity index (χ0v) is 23.3. The number of β-amino-alcohol motifs (C(OH)–C–C–N with tert-alkyl or cyclic N) is 1. The maximum absolute atomic E-state index is 12.9. The Balaban J connectivity index is 1.09. The van der Waals surface area contributed by atoms with Crippen LogP contribution in [0, 0.1) is 0 Å². The zero-order valence-electron chi connectivity index (χ0n) is 23.3. The van der Waals surface area contributed by atoms with E-state index in [4.69, 9.17) is 0 Å². The topological polar surface area (TPSA) is 93.6 Å². The lowest BCUT2D eigenvalue weighted by Crippen LogP contribution is -2.48. The fourth-order valence-electron chi connectivity index (χ4n) is 5.35. The van der Waals surface area contributed by atoms with Gasteiger partial charge < -0.3 is 20.6 Å². The van der Waals surface area contributed by atoms with Crippen molar-refractivity contribution in [2.45, 2.75) is 38.1 Å². The van der Waals surface area contributed by atoms with Crippen molar-refractivity contribution < 1.29 is 9.90 Å². The first-order valence-electron chi connectivity index (χ1n) is 14.3. The number of urea groups is 1. The Bertz CT molecular complexity index is 1310. The standard InChI is InChI=1S/C33H38N6O2/c40-30(25-39(22-28-12-6-8-18-34-28)23-29-13-7-9-19-35-29)24-38-20-16-27(17-21-38)36-33(41)37-32-15-5-4-14-31(32)26-10-2-1-3-11-26/h1-15,18-19,27,30,40H,16-17,20-25H2,(H2,36,37,41). The van der Waals surface area contributed by atoms with Crippen molar-refractivity contribution in [3.63, 3.8) is 0 Å². The van der Waals surface area contributed by atoms with Crippen LogP contribution in [0.15, 0.2) is 103 Å². The molecule has 41 heavy (non-hydrogen) atoms. The van der Waals surface area contributed by atoms with Crippen molar-refractivity contribution in [3.8, 4) is 11.1 Å². The Labute approximate surface area is 242 Å². The van der Waals surface area contributed by atoms with Gasteiger partial charge in [-0.25, -0.2) is 4.79 Å². The van der Waals surface area contributed by atoms with Crippen molar-refractivity contribution in [1.29, 1.82) is 0 Å². The fraction of sp³-hybridized carbons (Fsp3) is 0.303. The van der Waals surface area contributed by atoms with Gasteiger partial charge in [-0.05, 0) is 48.7 Å². The fourth-order valence-corrected chi connectivity index (χ4v) is 5.35. The molecule has 0 radical (unpaired) electrons. The number of hydrogen-bond donors (Lipinski definition) is 3. The molecule has 2 aromatic carbocycles. The third kappa shape index (κ3) is 8.69. The van der Waals surface area contributed by atoms with Crippen LogP contribution in [0.1, 0.15) is 24.2 Å². The van der Waals surface area contributed by atoms with Crippen LogP contribution >= 0.6 is 0 Å². The lowest BCUT2D eigenvalue weighted by atomic mass is 10.0. The highest BCUT2D eigenvalue weighted by Crippen LogP contribution is 2.27. The lowest BCUT2D eigenvalue weighted by Gasteiger charge is -2.34. The summed E-state index contributed by atoms with van der Waals surface area (Å²) in [5, 5.41) is 17.2. The summed E-state index contributed by atoms with van der Waals surface area (Å²) in [6.07, 6.45) is 4.76. The minimum atomic E-state index is -0.510. The second-order valence-electron chi connectivity index (χ2n) is 10.6. The molecule has 5 rings (SSSR count). The van der Waals surface area contributed by atoms with Gasteiger partial charge in [0, 0.05) is 63.3 Å². The monoisotopic (exact) mass is 550 g/mol. The molecule has 3 heterocycles. The van der Waals surface area contributed by atoms with Crippen LogP contribution in [0.2, 0.25) is 0 Å². The Morgan fingerprint density at radius 1 is 0.854 bits per heavy atom. The third-order valence-corrected chi connectivity index (χ3v) is 7.34. The van der Waals surface area contributed by atoms with Gasteiger partial charge in [-0.2, -0.15) is 0 Å². The van der Waals surface area contributed by atoms with Crippen molar-refractivity contribution in [1.82, 2.24) is 25.1 Å². The number of aliphatic hydroxyl groups is 1. The molecule has 3 N–H and O–H groups in total. The van der Waals surface area contributed by atoms with E-state index < -0.39 is 6.10 Å². The number of aliphatic hydroxyl groups excluding tert-OH is 1. The minimum Gasteiger partial charge on any atom is -0.390 e. The smallest absolute Gasteiger partial charge is 0.319 e. The molecule has 2 aromatic heterocycles. The van der Waals surface area contributed by atoms with Gasteiger partial charge in [-0.3, -0.25) is 14.9 Å². The maximum atomic E-state index is 12.9. The molecule has 2 amide bonds. The molecule has 0 spiro atoms. The molecule has 0 saturated carbocycles. The van der Waals surface area contributed by atoms with E-state index in [0.717, 1.165) is 54.1 Å². The van der Waals surface area contributed by atoms with Crippen LogP contribution < -0.4 is 10.6 Å². The SMILES string of the molecule is O=C(Nc1ccccc1-c1ccccc1)NC1CCN(CC(O)CN(Cc2ccccn2)Cc2ccccn2)CC1. The molecule has 1 aliphatic heterocycles. The van der Waals surface area contributed by atoms with Crippen LogP contribution in [-0.2, 0) is 13.1 Å². The zero-order chi connectivity index (χ0) is 28.3. The summed E-state index contributed by atoms with van der Waals surface area (Å²) in [4.78, 5) is 26.3. The molecule has 0 aliphatic carbocycles. The van der Waals surface area contributed by atoms with Gasteiger partial charge in [0.1, 0.15) is 0 Å². The second kappa shape index (κ2) is 14.5. The maximum Gasteiger partial charge on any atom is 0.319 e. The van der Waals surface area contributed by atoms with Gasteiger partial charge in [0.15, 0.2) is 0 Å². The van der Waals surface area contributed by atoms with Crippen molar-refractivity contribution >= 4 is 11.7 Å². The molecule has 1 fully saturated rings. The van der Waals surface area contributed by atoms with Crippen LogP contribution in [0.4, 0.5) is 10.5 Å². The van der Waals surface area contributed by atoms with E-state index in [2.05, 4.69) is 30.4 Å². The largest absolute Gasteiger partial charge is 0.390 e. The van der Waals surface area contributed by atoms with E-state index in [1.54, 1.807) is 12.4 Å². The summed E-state index contributed by atoms with van der Waals surface area (Å²) in [7, 11) is 0. The Morgan fingerprint density at radius 3 is 2.10 bits per heavy atom. The summed E-state index contributed by atoms with van der Waals surface area (Å²) >= 11 is 0. The number of anilines is 1. The number of piperidine rings is 1. The second-order valence-corrected chi connectivity index (χ2v) is 10.6. The first-order valence-corrected chi connectivity index (χ1v) is 14.3. The van der Waals surface area contributed by atoms with E-state index in [1.807, 2.05) is 91.0 Å². The van der Waals surface area contributed by atoms with E-state index in [-0.39, 0.29) is 12.1 Å². The molecule has 1 saturated heterocycles. The number of pyridine rings is 2. The Morgan fingerprint density at radius 2 is 1.46 bits per heavy atom. The molecule has 1 atom stereocenters. The molecule has 4 aromatic rings.